The average molecular weight is 320 g/mol. The Kier molecular flexibility index (Phi) is 7.14. The van der Waals surface area contributed by atoms with E-state index in [-0.39, 0.29) is 11.5 Å². The Morgan fingerprint density at radius 2 is 2.15 bits per heavy atom. The third kappa shape index (κ3) is 5.20. The van der Waals surface area contributed by atoms with Crippen molar-refractivity contribution in [3.05, 3.63) is 18.2 Å². The summed E-state index contributed by atoms with van der Waals surface area (Å²) in [7, 11) is -2.11. The number of hydrogen-bond donors (Lipinski definition) is 3. The van der Waals surface area contributed by atoms with Crippen molar-refractivity contribution in [3.63, 3.8) is 0 Å². The molecule has 0 amide bonds. The highest BCUT2D eigenvalue weighted by atomic mass is 32.2. The number of methoxy groups -OCH3 is 1. The fraction of sp³-hybridized carbons (Fsp3) is 0.500. The van der Waals surface area contributed by atoms with Gasteiger partial charge in [-0.3, -0.25) is 0 Å². The summed E-state index contributed by atoms with van der Waals surface area (Å²) >= 11 is 1.59. The first-order valence-electron chi connectivity index (χ1n) is 6.13. The van der Waals surface area contributed by atoms with Crippen LogP contribution in [0.25, 0.3) is 0 Å². The number of ether oxygens (including phenoxy) is 1. The molecule has 0 heterocycles. The van der Waals surface area contributed by atoms with E-state index in [2.05, 4.69) is 4.72 Å². The van der Waals surface area contributed by atoms with E-state index in [1.807, 2.05) is 0 Å². The van der Waals surface area contributed by atoms with Crippen LogP contribution < -0.4 is 15.2 Å². The molecule has 0 bridgehead atoms. The second-order valence-electron chi connectivity index (χ2n) is 3.99. The van der Waals surface area contributed by atoms with E-state index >= 15 is 0 Å². The molecule has 0 saturated heterocycles. The summed E-state index contributed by atoms with van der Waals surface area (Å²) in [4.78, 5) is 0.129. The first kappa shape index (κ1) is 17.1. The number of aliphatic hydroxyl groups excluding tert-OH is 1. The molecule has 1 aromatic carbocycles. The van der Waals surface area contributed by atoms with Gasteiger partial charge < -0.3 is 15.6 Å². The van der Waals surface area contributed by atoms with Crippen molar-refractivity contribution in [1.29, 1.82) is 0 Å². The lowest BCUT2D eigenvalue weighted by molar-refractivity contribution is 0.296. The van der Waals surface area contributed by atoms with Gasteiger partial charge in [0.25, 0.3) is 0 Å². The largest absolute Gasteiger partial charge is 0.495 e. The Morgan fingerprint density at radius 1 is 1.40 bits per heavy atom. The molecule has 1 rings (SSSR count). The van der Waals surface area contributed by atoms with Crippen molar-refractivity contribution in [2.24, 2.45) is 0 Å². The number of nitrogens with two attached hydrogens (primary N) is 1. The van der Waals surface area contributed by atoms with E-state index in [9.17, 15) is 8.42 Å². The van der Waals surface area contributed by atoms with Crippen molar-refractivity contribution in [2.45, 2.75) is 11.3 Å². The second kappa shape index (κ2) is 8.35. The Balaban J connectivity index is 2.56. The van der Waals surface area contributed by atoms with Gasteiger partial charge in [0.2, 0.25) is 10.0 Å². The zero-order chi connectivity index (χ0) is 15.0. The normalized spacial score (nSPS) is 11.5. The SMILES string of the molecule is COc1cc(S(=O)(=O)NCCSCCCO)ccc1N. The van der Waals surface area contributed by atoms with Gasteiger partial charge in [-0.2, -0.15) is 11.8 Å². The van der Waals surface area contributed by atoms with Gasteiger partial charge in [-0.15, -0.1) is 0 Å². The van der Waals surface area contributed by atoms with Gasteiger partial charge in [0.05, 0.1) is 17.7 Å². The molecule has 0 radical (unpaired) electrons. The van der Waals surface area contributed by atoms with Gasteiger partial charge in [-0.25, -0.2) is 13.1 Å². The van der Waals surface area contributed by atoms with Crippen molar-refractivity contribution in [2.75, 3.05) is 37.5 Å². The molecule has 20 heavy (non-hydrogen) atoms. The summed E-state index contributed by atoms with van der Waals surface area (Å²) in [5.74, 6) is 1.81. The van der Waals surface area contributed by atoms with E-state index in [4.69, 9.17) is 15.6 Å². The van der Waals surface area contributed by atoms with Crippen LogP contribution in [0.4, 0.5) is 5.69 Å². The number of aliphatic hydroxyl groups is 1. The molecule has 1 aromatic rings. The van der Waals surface area contributed by atoms with Crippen molar-refractivity contribution in [1.82, 2.24) is 4.72 Å². The highest BCUT2D eigenvalue weighted by Gasteiger charge is 2.15. The Labute approximate surface area is 123 Å². The van der Waals surface area contributed by atoms with E-state index in [1.165, 1.54) is 25.3 Å². The highest BCUT2D eigenvalue weighted by molar-refractivity contribution is 7.99. The summed E-state index contributed by atoms with van der Waals surface area (Å²) in [5, 5.41) is 8.63. The zero-order valence-corrected chi connectivity index (χ0v) is 13.0. The number of nitrogens with one attached hydrogen (secondary N) is 1. The fourth-order valence-corrected chi connectivity index (χ4v) is 3.42. The minimum atomic E-state index is -3.55. The maximum atomic E-state index is 12.0. The molecule has 0 aromatic heterocycles. The fourth-order valence-electron chi connectivity index (χ4n) is 1.46. The molecule has 0 spiro atoms. The van der Waals surface area contributed by atoms with E-state index < -0.39 is 10.0 Å². The van der Waals surface area contributed by atoms with Crippen LogP contribution in [0.3, 0.4) is 0 Å². The molecule has 8 heteroatoms. The molecule has 0 aliphatic rings. The lowest BCUT2D eigenvalue weighted by Gasteiger charge is -2.09. The van der Waals surface area contributed by atoms with E-state index in [1.54, 1.807) is 11.8 Å². The minimum absolute atomic E-state index is 0.129. The van der Waals surface area contributed by atoms with E-state index in [0.717, 1.165) is 5.75 Å². The quantitative estimate of drug-likeness (QED) is 0.457. The Hall–Kier alpha value is -0.960. The molecular weight excluding hydrogens is 300 g/mol. The topological polar surface area (TPSA) is 102 Å². The highest BCUT2D eigenvalue weighted by Crippen LogP contribution is 2.24. The minimum Gasteiger partial charge on any atom is -0.495 e. The molecular formula is C12H20N2O4S2. The predicted octanol–water partition coefficient (Wildman–Crippen LogP) is 0.671. The van der Waals surface area contributed by atoms with Crippen molar-refractivity contribution in [3.8, 4) is 5.75 Å². The number of nitrogen functional groups attached to an aromatic ring is 1. The van der Waals surface area contributed by atoms with Crippen LogP contribution in [0.15, 0.2) is 23.1 Å². The molecule has 114 valence electrons. The summed E-state index contributed by atoms with van der Waals surface area (Å²) in [6.45, 7) is 0.495. The van der Waals surface area contributed by atoms with Crippen LogP contribution in [0.5, 0.6) is 5.75 Å². The van der Waals surface area contributed by atoms with Gasteiger partial charge in [0.1, 0.15) is 5.75 Å². The first-order valence-corrected chi connectivity index (χ1v) is 8.77. The van der Waals surface area contributed by atoms with E-state index in [0.29, 0.717) is 30.2 Å². The molecule has 0 fully saturated rings. The molecule has 4 N–H and O–H groups in total. The summed E-state index contributed by atoms with van der Waals surface area (Å²) in [5.41, 5.74) is 6.04. The average Bonchev–Trinajstić information content (AvgIpc) is 2.43. The van der Waals surface area contributed by atoms with Crippen LogP contribution in [0, 0.1) is 0 Å². The predicted molar refractivity (Wildman–Crippen MR) is 81.6 cm³/mol. The van der Waals surface area contributed by atoms with Crippen molar-refractivity contribution >= 4 is 27.5 Å². The maximum Gasteiger partial charge on any atom is 0.240 e. The third-order valence-corrected chi connectivity index (χ3v) is 5.03. The second-order valence-corrected chi connectivity index (χ2v) is 6.98. The van der Waals surface area contributed by atoms with Crippen LogP contribution in [-0.2, 0) is 10.0 Å². The van der Waals surface area contributed by atoms with Gasteiger partial charge in [-0.1, -0.05) is 0 Å². The summed E-state index contributed by atoms with van der Waals surface area (Å²) in [6, 6.07) is 4.35. The van der Waals surface area contributed by atoms with Crippen LogP contribution >= 0.6 is 11.8 Å². The Morgan fingerprint density at radius 3 is 2.80 bits per heavy atom. The molecule has 0 atom stereocenters. The summed E-state index contributed by atoms with van der Waals surface area (Å²) in [6.07, 6.45) is 0.715. The van der Waals surface area contributed by atoms with Crippen LogP contribution in [-0.4, -0.2) is 45.3 Å². The van der Waals surface area contributed by atoms with Gasteiger partial charge in [-0.05, 0) is 24.3 Å². The maximum absolute atomic E-state index is 12.0. The number of thioether (sulfide) groups is 1. The Bertz CT molecular complexity index is 520. The van der Waals surface area contributed by atoms with Crippen molar-refractivity contribution < 1.29 is 18.3 Å². The first-order chi connectivity index (χ1) is 9.51. The molecule has 0 unspecified atom stereocenters. The molecule has 0 aliphatic carbocycles. The number of anilines is 1. The molecule has 0 saturated carbocycles. The van der Waals surface area contributed by atoms with Gasteiger partial charge in [0.15, 0.2) is 0 Å². The monoisotopic (exact) mass is 320 g/mol. The molecule has 6 nitrogen and oxygen atoms in total. The van der Waals surface area contributed by atoms with Crippen LogP contribution in [0.2, 0.25) is 0 Å². The summed E-state index contributed by atoms with van der Waals surface area (Å²) < 4.78 is 31.6. The lowest BCUT2D eigenvalue weighted by atomic mass is 10.3. The smallest absolute Gasteiger partial charge is 0.240 e. The van der Waals surface area contributed by atoms with Gasteiger partial charge >= 0.3 is 0 Å². The molecule has 0 aliphatic heterocycles. The van der Waals surface area contributed by atoms with Gasteiger partial charge in [0, 0.05) is 25.0 Å². The number of rotatable bonds is 9. The zero-order valence-electron chi connectivity index (χ0n) is 11.3. The third-order valence-electron chi connectivity index (χ3n) is 2.50. The lowest BCUT2D eigenvalue weighted by Crippen LogP contribution is -2.26. The number of hydrogen-bond acceptors (Lipinski definition) is 6. The standard InChI is InChI=1S/C12H20N2O4S2/c1-18-12-9-10(3-4-11(12)13)20(16,17)14-5-8-19-7-2-6-15/h3-4,9,14-15H,2,5-8,13H2,1H3. The van der Waals surface area contributed by atoms with Crippen LogP contribution in [0.1, 0.15) is 6.42 Å². The number of benzene rings is 1. The number of sulfonamides is 1.